The number of anilines is 1. The lowest BCUT2D eigenvalue weighted by atomic mass is 10.1. The Morgan fingerprint density at radius 3 is 2.52 bits per heavy atom. The summed E-state index contributed by atoms with van der Waals surface area (Å²) in [5.74, 6) is 1.35. The topological polar surface area (TPSA) is 65.8 Å². The van der Waals surface area contributed by atoms with Crippen molar-refractivity contribution in [2.45, 2.75) is 18.0 Å². The van der Waals surface area contributed by atoms with Gasteiger partial charge in [0.25, 0.3) is 5.56 Å². The Bertz CT molecular complexity index is 915. The van der Waals surface area contributed by atoms with Gasteiger partial charge in [-0.1, -0.05) is 12.1 Å². The first kappa shape index (κ1) is 18.1. The second kappa shape index (κ2) is 7.36. The molecular formula is C19H24N6OS. The van der Waals surface area contributed by atoms with Crippen LogP contribution in [0.3, 0.4) is 0 Å². The molecule has 2 aliphatic rings. The Morgan fingerprint density at radius 1 is 1.15 bits per heavy atom. The van der Waals surface area contributed by atoms with Gasteiger partial charge in [0.15, 0.2) is 6.17 Å². The van der Waals surface area contributed by atoms with Gasteiger partial charge in [-0.3, -0.25) is 14.7 Å². The van der Waals surface area contributed by atoms with Gasteiger partial charge in [0.2, 0.25) is 11.9 Å². The molecule has 3 heterocycles. The van der Waals surface area contributed by atoms with Crippen LogP contribution >= 0.6 is 11.8 Å². The molecule has 2 aliphatic heterocycles. The third kappa shape index (κ3) is 3.59. The van der Waals surface area contributed by atoms with Crippen LogP contribution in [0.25, 0.3) is 0 Å². The maximum Gasteiger partial charge on any atom is 0.257 e. The zero-order chi connectivity index (χ0) is 19.0. The van der Waals surface area contributed by atoms with Gasteiger partial charge in [0, 0.05) is 42.8 Å². The van der Waals surface area contributed by atoms with E-state index < -0.39 is 6.17 Å². The fraction of sp³-hybridized carbons (Fsp3) is 0.421. The van der Waals surface area contributed by atoms with Crippen molar-refractivity contribution in [1.29, 1.82) is 0 Å². The van der Waals surface area contributed by atoms with Gasteiger partial charge in [-0.15, -0.1) is 11.8 Å². The highest BCUT2D eigenvalue weighted by atomic mass is 32.2. The number of likely N-dealkylation sites (N-methyl/N-ethyl adjacent to an activating group) is 1. The average molecular weight is 385 g/mol. The van der Waals surface area contributed by atoms with E-state index in [0.29, 0.717) is 11.6 Å². The molecule has 0 radical (unpaired) electrons. The molecule has 4 rings (SSSR count). The van der Waals surface area contributed by atoms with Gasteiger partial charge in [-0.2, -0.15) is 0 Å². The van der Waals surface area contributed by atoms with E-state index in [-0.39, 0.29) is 5.56 Å². The van der Waals surface area contributed by atoms with E-state index in [1.165, 1.54) is 4.90 Å². The summed E-state index contributed by atoms with van der Waals surface area (Å²) >= 11 is 1.70. The van der Waals surface area contributed by atoms with Crippen molar-refractivity contribution >= 4 is 23.7 Å². The summed E-state index contributed by atoms with van der Waals surface area (Å²) in [5, 5.41) is 3.29. The molecular weight excluding hydrogens is 360 g/mol. The molecule has 1 fully saturated rings. The number of rotatable bonds is 2. The van der Waals surface area contributed by atoms with Crippen molar-refractivity contribution in [3.05, 3.63) is 51.9 Å². The molecule has 1 saturated heterocycles. The molecule has 1 N–H and O–H groups in total. The first-order valence-corrected chi connectivity index (χ1v) is 10.3. The van der Waals surface area contributed by atoms with Crippen LogP contribution in [0.15, 0.2) is 45.0 Å². The van der Waals surface area contributed by atoms with Crippen molar-refractivity contribution in [3.63, 3.8) is 0 Å². The number of thioether (sulfide) groups is 1. The summed E-state index contributed by atoms with van der Waals surface area (Å²) in [4.78, 5) is 27.9. The summed E-state index contributed by atoms with van der Waals surface area (Å²) in [7, 11) is 2.13. The zero-order valence-electron chi connectivity index (χ0n) is 15.8. The van der Waals surface area contributed by atoms with Crippen LogP contribution in [-0.2, 0) is 0 Å². The third-order valence-corrected chi connectivity index (χ3v) is 5.75. The van der Waals surface area contributed by atoms with Crippen molar-refractivity contribution in [1.82, 2.24) is 19.4 Å². The van der Waals surface area contributed by atoms with Gasteiger partial charge in [-0.05, 0) is 37.9 Å². The minimum Gasteiger partial charge on any atom is -0.340 e. The second-order valence-corrected chi connectivity index (χ2v) is 7.82. The van der Waals surface area contributed by atoms with Crippen molar-refractivity contribution < 1.29 is 0 Å². The Labute approximate surface area is 163 Å². The van der Waals surface area contributed by atoms with E-state index in [9.17, 15) is 4.79 Å². The van der Waals surface area contributed by atoms with E-state index >= 15 is 0 Å². The molecule has 1 aromatic carbocycles. The highest BCUT2D eigenvalue weighted by molar-refractivity contribution is 7.98. The number of benzene rings is 1. The molecule has 142 valence electrons. The van der Waals surface area contributed by atoms with Crippen LogP contribution in [0.1, 0.15) is 17.4 Å². The van der Waals surface area contributed by atoms with E-state index in [4.69, 9.17) is 4.99 Å². The van der Waals surface area contributed by atoms with Crippen LogP contribution in [0, 0.1) is 6.92 Å². The molecule has 0 amide bonds. The molecule has 1 unspecified atom stereocenters. The first-order valence-electron chi connectivity index (χ1n) is 9.07. The lowest BCUT2D eigenvalue weighted by molar-refractivity contribution is 0.213. The summed E-state index contributed by atoms with van der Waals surface area (Å²) < 4.78 is 1.64. The predicted molar refractivity (Wildman–Crippen MR) is 110 cm³/mol. The second-order valence-electron chi connectivity index (χ2n) is 6.94. The number of aliphatic imine (C=N–C) groups is 1. The van der Waals surface area contributed by atoms with Crippen LogP contribution in [0.4, 0.5) is 5.95 Å². The Hall–Kier alpha value is -2.32. The first-order chi connectivity index (χ1) is 13.0. The summed E-state index contributed by atoms with van der Waals surface area (Å²) in [6.45, 7) is 5.62. The molecule has 0 spiro atoms. The lowest BCUT2D eigenvalue weighted by Gasteiger charge is -2.37. The van der Waals surface area contributed by atoms with Crippen LogP contribution in [0.5, 0.6) is 0 Å². The Kier molecular flexibility index (Phi) is 4.92. The molecule has 1 aromatic heterocycles. The lowest BCUT2D eigenvalue weighted by Crippen LogP contribution is -2.51. The van der Waals surface area contributed by atoms with Crippen LogP contribution in [-0.4, -0.2) is 64.8 Å². The van der Waals surface area contributed by atoms with Crippen LogP contribution < -0.4 is 10.9 Å². The fourth-order valence-electron chi connectivity index (χ4n) is 3.41. The minimum atomic E-state index is -0.410. The minimum absolute atomic E-state index is 0.0925. The average Bonchev–Trinajstić information content (AvgIpc) is 2.67. The molecule has 0 aliphatic carbocycles. The zero-order valence-corrected chi connectivity index (χ0v) is 16.7. The van der Waals surface area contributed by atoms with Gasteiger partial charge in [0.1, 0.15) is 0 Å². The maximum atomic E-state index is 12.7. The van der Waals surface area contributed by atoms with Gasteiger partial charge < -0.3 is 9.80 Å². The van der Waals surface area contributed by atoms with Gasteiger partial charge in [0.05, 0.1) is 0 Å². The molecule has 2 aromatic rings. The normalized spacial score (nSPS) is 20.0. The van der Waals surface area contributed by atoms with Crippen molar-refractivity contribution in [2.75, 3.05) is 44.8 Å². The highest BCUT2D eigenvalue weighted by Gasteiger charge is 2.28. The molecule has 0 saturated carbocycles. The van der Waals surface area contributed by atoms with Crippen molar-refractivity contribution in [3.8, 4) is 0 Å². The van der Waals surface area contributed by atoms with Crippen LogP contribution in [0.2, 0.25) is 0 Å². The molecule has 27 heavy (non-hydrogen) atoms. The van der Waals surface area contributed by atoms with Gasteiger partial charge in [-0.25, -0.2) is 9.98 Å². The summed E-state index contributed by atoms with van der Waals surface area (Å²) in [6, 6.07) is 9.79. The number of aromatic nitrogens is 2. The molecule has 0 bridgehead atoms. The third-order valence-electron chi connectivity index (χ3n) is 5.01. The SMILES string of the molecule is CSc1ccc(C2N=C(N3CCN(C)CC3)Nc3nc(C)cc(=O)n32)cc1. The Balaban J connectivity index is 1.77. The smallest absolute Gasteiger partial charge is 0.257 e. The number of nitrogens with one attached hydrogen (secondary N) is 1. The highest BCUT2D eigenvalue weighted by Crippen LogP contribution is 2.27. The van der Waals surface area contributed by atoms with Crippen molar-refractivity contribution in [2.24, 2.45) is 4.99 Å². The van der Waals surface area contributed by atoms with E-state index in [0.717, 1.165) is 37.7 Å². The number of fused-ring (bicyclic) bond motifs is 1. The number of aryl methyl sites for hydroxylation is 1. The molecule has 8 heteroatoms. The monoisotopic (exact) mass is 384 g/mol. The summed E-state index contributed by atoms with van der Waals surface area (Å²) in [5.41, 5.74) is 1.59. The van der Waals surface area contributed by atoms with E-state index in [1.54, 1.807) is 22.4 Å². The van der Waals surface area contributed by atoms with E-state index in [2.05, 4.69) is 45.5 Å². The number of piperazine rings is 1. The Morgan fingerprint density at radius 2 is 1.85 bits per heavy atom. The summed E-state index contributed by atoms with van der Waals surface area (Å²) in [6.07, 6.45) is 1.64. The van der Waals surface area contributed by atoms with Gasteiger partial charge >= 0.3 is 0 Å². The largest absolute Gasteiger partial charge is 0.340 e. The maximum absolute atomic E-state index is 12.7. The van der Waals surface area contributed by atoms with E-state index in [1.807, 2.05) is 19.1 Å². The number of nitrogens with zero attached hydrogens (tertiary/aromatic N) is 5. The molecule has 1 atom stereocenters. The fourth-order valence-corrected chi connectivity index (χ4v) is 3.82. The number of hydrogen-bond acceptors (Lipinski definition) is 7. The molecule has 7 nitrogen and oxygen atoms in total. The predicted octanol–water partition coefficient (Wildman–Crippen LogP) is 1.85. The standard InChI is InChI=1S/C19H24N6OS/c1-13-12-16(26)25-17(14-4-6-15(27-3)7-5-14)21-18(22-19(25)20-13)24-10-8-23(2)9-11-24/h4-7,12,17H,8-11H2,1-3H3,(H,20,21,22). The quantitative estimate of drug-likeness (QED) is 0.797. The number of guanidine groups is 1. The number of hydrogen-bond donors (Lipinski definition) is 1.